The van der Waals surface area contributed by atoms with Crippen molar-refractivity contribution in [2.75, 3.05) is 27.3 Å². The zero-order chi connectivity index (χ0) is 40.9. The predicted molar refractivity (Wildman–Crippen MR) is 219 cm³/mol. The van der Waals surface area contributed by atoms with E-state index < -0.39 is 24.3 Å². The first-order valence-electron chi connectivity index (χ1n) is 20.3. The summed E-state index contributed by atoms with van der Waals surface area (Å²) in [6.45, 7) is 8.91. The third kappa shape index (κ3) is 7.47. The number of hydrogen-bond donors (Lipinski definition) is 4. The number of likely N-dealkylation sites (tertiary alicyclic amines) is 2. The first-order chi connectivity index (χ1) is 27.9. The zero-order valence-electron chi connectivity index (χ0n) is 33.9. The van der Waals surface area contributed by atoms with Gasteiger partial charge in [0.1, 0.15) is 23.7 Å². The molecule has 14 nitrogen and oxygen atoms in total. The molecule has 0 bridgehead atoms. The van der Waals surface area contributed by atoms with Crippen LogP contribution in [-0.4, -0.2) is 93.1 Å². The SMILES string of the molecule is COC(=O)N[C@H](C(=O)N1CCC[C@H]1c1ncc(-c2ccc3cc(-c4ccc5nc([C@@H]6CC7(CC7)CN6C(=O)[C@@H](NC(=O)OC)C(C)C)[nH]c5c4)ccc3c2)[nH]1)C(C)C. The maximum Gasteiger partial charge on any atom is 0.407 e. The van der Waals surface area contributed by atoms with Crippen LogP contribution in [0.2, 0.25) is 0 Å². The Morgan fingerprint density at radius 3 is 2.00 bits per heavy atom. The minimum absolute atomic E-state index is 0.108. The Labute approximate surface area is 337 Å². The predicted octanol–water partition coefficient (Wildman–Crippen LogP) is 7.25. The van der Waals surface area contributed by atoms with Gasteiger partial charge in [0, 0.05) is 18.7 Å². The Hall–Kier alpha value is -5.92. The number of rotatable bonds is 10. The molecule has 1 aliphatic carbocycles. The third-order valence-corrected chi connectivity index (χ3v) is 12.3. The van der Waals surface area contributed by atoms with Gasteiger partial charge in [0.25, 0.3) is 0 Å². The van der Waals surface area contributed by atoms with Gasteiger partial charge in [0.15, 0.2) is 0 Å². The number of hydrogen-bond acceptors (Lipinski definition) is 8. The average molecular weight is 789 g/mol. The van der Waals surface area contributed by atoms with Gasteiger partial charge in [0.05, 0.1) is 49.2 Å². The minimum atomic E-state index is -0.692. The fourth-order valence-electron chi connectivity index (χ4n) is 8.75. The van der Waals surface area contributed by atoms with Crippen LogP contribution in [0.1, 0.15) is 83.5 Å². The monoisotopic (exact) mass is 788 g/mol. The number of fused-ring (bicyclic) bond motifs is 2. The second-order valence-electron chi connectivity index (χ2n) is 16.9. The number of imidazole rings is 2. The van der Waals surface area contributed by atoms with Crippen LogP contribution < -0.4 is 10.6 Å². The molecule has 2 aliphatic heterocycles. The van der Waals surface area contributed by atoms with E-state index in [1.165, 1.54) is 14.2 Å². The van der Waals surface area contributed by atoms with E-state index in [0.29, 0.717) is 13.1 Å². The lowest BCUT2D eigenvalue weighted by Crippen LogP contribution is -2.51. The van der Waals surface area contributed by atoms with Crippen LogP contribution in [0.5, 0.6) is 0 Å². The summed E-state index contributed by atoms with van der Waals surface area (Å²) < 4.78 is 9.60. The molecule has 304 valence electrons. The molecule has 1 spiro atoms. The molecule has 4 heterocycles. The summed E-state index contributed by atoms with van der Waals surface area (Å²) >= 11 is 0. The normalized spacial score (nSPS) is 19.6. The van der Waals surface area contributed by atoms with Crippen LogP contribution in [0.3, 0.4) is 0 Å². The molecular formula is C44H52N8O6. The second kappa shape index (κ2) is 15.4. The van der Waals surface area contributed by atoms with E-state index in [1.807, 2.05) is 49.8 Å². The highest BCUT2D eigenvalue weighted by atomic mass is 16.5. The maximum absolute atomic E-state index is 13.9. The topological polar surface area (TPSA) is 175 Å². The van der Waals surface area contributed by atoms with Crippen LogP contribution in [0, 0.1) is 17.3 Å². The van der Waals surface area contributed by atoms with Gasteiger partial charge < -0.3 is 39.9 Å². The number of amides is 4. The highest BCUT2D eigenvalue weighted by Crippen LogP contribution is 2.58. The van der Waals surface area contributed by atoms with Crippen LogP contribution in [0.25, 0.3) is 44.2 Å². The molecular weight excluding hydrogens is 737 g/mol. The molecule has 4 N–H and O–H groups in total. The number of carbonyl (C=O) groups excluding carboxylic acids is 4. The fourth-order valence-corrected chi connectivity index (χ4v) is 8.75. The second-order valence-corrected chi connectivity index (χ2v) is 16.9. The van der Waals surface area contributed by atoms with Gasteiger partial charge in [-0.25, -0.2) is 19.6 Å². The smallest absolute Gasteiger partial charge is 0.407 e. The first kappa shape index (κ1) is 38.9. The van der Waals surface area contributed by atoms with E-state index in [1.54, 1.807) is 0 Å². The van der Waals surface area contributed by atoms with Crippen molar-refractivity contribution in [1.82, 2.24) is 40.4 Å². The van der Waals surface area contributed by atoms with Crippen molar-refractivity contribution in [1.29, 1.82) is 0 Å². The first-order valence-corrected chi connectivity index (χ1v) is 20.3. The highest BCUT2D eigenvalue weighted by Gasteiger charge is 2.55. The molecule has 0 unspecified atom stereocenters. The molecule has 3 aromatic carbocycles. The van der Waals surface area contributed by atoms with E-state index in [4.69, 9.17) is 19.4 Å². The molecule has 2 aromatic heterocycles. The molecule has 8 rings (SSSR count). The number of nitrogens with zero attached hydrogens (tertiary/aromatic N) is 4. The van der Waals surface area contributed by atoms with Crippen molar-refractivity contribution >= 4 is 45.8 Å². The van der Waals surface area contributed by atoms with Gasteiger partial charge in [-0.15, -0.1) is 0 Å². The molecule has 58 heavy (non-hydrogen) atoms. The molecule has 4 amide bonds. The lowest BCUT2D eigenvalue weighted by Gasteiger charge is -2.30. The van der Waals surface area contributed by atoms with E-state index in [2.05, 4.69) is 69.1 Å². The van der Waals surface area contributed by atoms with E-state index >= 15 is 0 Å². The number of nitrogens with one attached hydrogen (secondary N) is 4. The number of ether oxygens (including phenoxy) is 2. The Morgan fingerprint density at radius 2 is 1.36 bits per heavy atom. The molecule has 14 heteroatoms. The van der Waals surface area contributed by atoms with E-state index in [9.17, 15) is 19.2 Å². The van der Waals surface area contributed by atoms with Gasteiger partial charge in [-0.3, -0.25) is 9.59 Å². The summed E-state index contributed by atoms with van der Waals surface area (Å²) in [7, 11) is 2.60. The fraction of sp³-hybridized carbons (Fsp3) is 0.455. The average Bonchev–Trinajstić information content (AvgIpc) is 3.71. The Balaban J connectivity index is 0.997. The molecule has 3 fully saturated rings. The van der Waals surface area contributed by atoms with Crippen molar-refractivity contribution in [3.05, 3.63) is 72.4 Å². The van der Waals surface area contributed by atoms with Crippen molar-refractivity contribution in [2.24, 2.45) is 17.3 Å². The molecule has 2 saturated heterocycles. The number of alkyl carbamates (subject to hydrolysis) is 2. The summed E-state index contributed by atoms with van der Waals surface area (Å²) in [6.07, 6.45) is 5.22. The summed E-state index contributed by atoms with van der Waals surface area (Å²) in [5.41, 5.74) is 5.82. The summed E-state index contributed by atoms with van der Waals surface area (Å²) in [5, 5.41) is 7.63. The van der Waals surface area contributed by atoms with Crippen molar-refractivity contribution < 1.29 is 28.7 Å². The number of benzene rings is 3. The van der Waals surface area contributed by atoms with Crippen molar-refractivity contribution in [2.45, 2.75) is 84.0 Å². The van der Waals surface area contributed by atoms with Crippen molar-refractivity contribution in [3.8, 4) is 22.4 Å². The summed E-state index contributed by atoms with van der Waals surface area (Å²) in [5.74, 6) is 1.02. The van der Waals surface area contributed by atoms with Gasteiger partial charge in [-0.1, -0.05) is 58.0 Å². The van der Waals surface area contributed by atoms with Crippen LogP contribution in [0.4, 0.5) is 9.59 Å². The zero-order valence-corrected chi connectivity index (χ0v) is 33.9. The Kier molecular flexibility index (Phi) is 10.4. The number of aromatic amines is 2. The Bertz CT molecular complexity index is 2380. The van der Waals surface area contributed by atoms with Gasteiger partial charge in [-0.2, -0.15) is 0 Å². The maximum atomic E-state index is 13.9. The van der Waals surface area contributed by atoms with Gasteiger partial charge in [-0.05, 0) is 95.5 Å². The summed E-state index contributed by atoms with van der Waals surface area (Å²) in [4.78, 5) is 72.1. The largest absolute Gasteiger partial charge is 0.453 e. The molecule has 0 radical (unpaired) electrons. The Morgan fingerprint density at radius 1 is 0.759 bits per heavy atom. The standard InChI is InChI=1S/C44H52N8O6/c1-24(2)36(49-42(55)57-5)40(53)51-17-7-8-34(51)38-45-22-33(48-38)30-12-11-26-18-27(9-10-28(26)19-30)29-13-14-31-32(20-29)47-39(46-31)35-21-44(15-16-44)23-52(35)41(54)37(25(3)4)50-43(56)58-6/h9-14,18-20,22,24-25,34-37H,7-8,15-17,21,23H2,1-6H3,(H,45,48)(H,46,47)(H,49,55)(H,50,56)/t34-,35-,36-,37-/m0/s1. The summed E-state index contributed by atoms with van der Waals surface area (Å²) in [6, 6.07) is 17.2. The third-order valence-electron chi connectivity index (χ3n) is 12.3. The molecule has 1 saturated carbocycles. The van der Waals surface area contributed by atoms with Gasteiger partial charge >= 0.3 is 12.2 Å². The van der Waals surface area contributed by atoms with Crippen LogP contribution in [0.15, 0.2) is 60.8 Å². The number of H-pyrrole nitrogens is 2. The molecule has 5 aromatic rings. The number of aromatic nitrogens is 4. The van der Waals surface area contributed by atoms with Gasteiger partial charge in [0.2, 0.25) is 11.8 Å². The van der Waals surface area contributed by atoms with Crippen LogP contribution in [-0.2, 0) is 19.1 Å². The lowest BCUT2D eigenvalue weighted by molar-refractivity contribution is -0.136. The van der Waals surface area contributed by atoms with E-state index in [0.717, 1.165) is 87.9 Å². The lowest BCUT2D eigenvalue weighted by atomic mass is 9.99. The highest BCUT2D eigenvalue weighted by molar-refractivity contribution is 5.92. The molecule has 3 aliphatic rings. The van der Waals surface area contributed by atoms with Crippen molar-refractivity contribution in [3.63, 3.8) is 0 Å². The number of carbonyl (C=O) groups is 4. The van der Waals surface area contributed by atoms with E-state index in [-0.39, 0.29) is 41.1 Å². The number of methoxy groups -OCH3 is 2. The molecule has 4 atom stereocenters. The quantitative estimate of drug-likeness (QED) is 0.115. The minimum Gasteiger partial charge on any atom is -0.453 e. The van der Waals surface area contributed by atoms with Crippen LogP contribution >= 0.6 is 0 Å².